The first kappa shape index (κ1) is 10.7. The zero-order valence-corrected chi connectivity index (χ0v) is 8.49. The molecule has 1 aromatic rings. The SMILES string of the molecule is CCCOCC(=O)c1cnn(C)c1N. The summed E-state index contributed by atoms with van der Waals surface area (Å²) < 4.78 is 6.59. The molecule has 2 N–H and O–H groups in total. The topological polar surface area (TPSA) is 70.1 Å². The van der Waals surface area contributed by atoms with Gasteiger partial charge in [0, 0.05) is 13.7 Å². The number of nitrogens with two attached hydrogens (primary N) is 1. The van der Waals surface area contributed by atoms with Crippen LogP contribution in [-0.4, -0.2) is 28.8 Å². The summed E-state index contributed by atoms with van der Waals surface area (Å²) in [6.07, 6.45) is 2.36. The van der Waals surface area contributed by atoms with E-state index >= 15 is 0 Å². The Balaban J connectivity index is 2.56. The van der Waals surface area contributed by atoms with Gasteiger partial charge < -0.3 is 10.5 Å². The Bertz CT molecular complexity index is 320. The van der Waals surface area contributed by atoms with Gasteiger partial charge in [0.25, 0.3) is 0 Å². The molecule has 0 aliphatic heterocycles. The van der Waals surface area contributed by atoms with E-state index in [9.17, 15) is 4.79 Å². The van der Waals surface area contributed by atoms with Crippen LogP contribution in [0.2, 0.25) is 0 Å². The molecule has 0 bridgehead atoms. The second-order valence-corrected chi connectivity index (χ2v) is 3.04. The van der Waals surface area contributed by atoms with E-state index in [1.807, 2.05) is 6.92 Å². The number of aromatic nitrogens is 2. The molecule has 0 atom stereocenters. The molecule has 78 valence electrons. The molecule has 0 spiro atoms. The van der Waals surface area contributed by atoms with E-state index in [0.29, 0.717) is 18.0 Å². The maximum atomic E-state index is 11.5. The van der Waals surface area contributed by atoms with Crippen molar-refractivity contribution >= 4 is 11.6 Å². The van der Waals surface area contributed by atoms with Crippen molar-refractivity contribution in [3.8, 4) is 0 Å². The van der Waals surface area contributed by atoms with Gasteiger partial charge in [0.1, 0.15) is 12.4 Å². The van der Waals surface area contributed by atoms with E-state index in [-0.39, 0.29) is 12.4 Å². The highest BCUT2D eigenvalue weighted by molar-refractivity contribution is 6.00. The fourth-order valence-electron chi connectivity index (χ4n) is 1.05. The van der Waals surface area contributed by atoms with E-state index in [4.69, 9.17) is 10.5 Å². The van der Waals surface area contributed by atoms with Crippen molar-refractivity contribution in [2.75, 3.05) is 18.9 Å². The Kier molecular flexibility index (Phi) is 3.64. The Morgan fingerprint density at radius 3 is 2.93 bits per heavy atom. The molecule has 0 saturated heterocycles. The van der Waals surface area contributed by atoms with Gasteiger partial charge in [-0.25, -0.2) is 0 Å². The van der Waals surface area contributed by atoms with Crippen molar-refractivity contribution < 1.29 is 9.53 Å². The molecule has 0 unspecified atom stereocenters. The summed E-state index contributed by atoms with van der Waals surface area (Å²) in [6, 6.07) is 0. The van der Waals surface area contributed by atoms with Gasteiger partial charge in [-0.2, -0.15) is 5.10 Å². The smallest absolute Gasteiger partial charge is 0.193 e. The summed E-state index contributed by atoms with van der Waals surface area (Å²) in [6.45, 7) is 2.65. The third-order valence-corrected chi connectivity index (χ3v) is 1.87. The molecule has 1 rings (SSSR count). The number of anilines is 1. The lowest BCUT2D eigenvalue weighted by molar-refractivity contribution is 0.0762. The molecular weight excluding hydrogens is 182 g/mol. The van der Waals surface area contributed by atoms with Crippen LogP contribution >= 0.6 is 0 Å². The van der Waals surface area contributed by atoms with Gasteiger partial charge in [0.2, 0.25) is 0 Å². The molecule has 0 fully saturated rings. The molecule has 0 radical (unpaired) electrons. The summed E-state index contributed by atoms with van der Waals surface area (Å²) in [5.41, 5.74) is 6.07. The molecule has 5 heteroatoms. The van der Waals surface area contributed by atoms with Gasteiger partial charge in [-0.3, -0.25) is 9.48 Å². The molecule has 0 aliphatic carbocycles. The normalized spacial score (nSPS) is 10.4. The van der Waals surface area contributed by atoms with Crippen LogP contribution in [0.1, 0.15) is 23.7 Å². The number of ketones is 1. The van der Waals surface area contributed by atoms with Gasteiger partial charge >= 0.3 is 0 Å². The first-order chi connectivity index (χ1) is 6.66. The first-order valence-corrected chi connectivity index (χ1v) is 4.55. The Hall–Kier alpha value is -1.36. The quantitative estimate of drug-likeness (QED) is 0.554. The molecule has 0 amide bonds. The molecular formula is C9H15N3O2. The van der Waals surface area contributed by atoms with Gasteiger partial charge in [0.05, 0.1) is 11.8 Å². The Morgan fingerprint density at radius 2 is 2.43 bits per heavy atom. The number of carbonyl (C=O) groups is 1. The summed E-state index contributed by atoms with van der Waals surface area (Å²) in [4.78, 5) is 11.5. The van der Waals surface area contributed by atoms with Crippen LogP contribution in [0.4, 0.5) is 5.82 Å². The lowest BCUT2D eigenvalue weighted by atomic mass is 10.2. The summed E-state index contributed by atoms with van der Waals surface area (Å²) in [5.74, 6) is 0.263. The number of rotatable bonds is 5. The number of nitrogens with zero attached hydrogens (tertiary/aromatic N) is 2. The highest BCUT2D eigenvalue weighted by Crippen LogP contribution is 2.09. The van der Waals surface area contributed by atoms with Crippen LogP contribution < -0.4 is 5.73 Å². The third-order valence-electron chi connectivity index (χ3n) is 1.87. The first-order valence-electron chi connectivity index (χ1n) is 4.55. The predicted octanol–water partition coefficient (Wildman–Crippen LogP) is 0.612. The molecule has 0 aliphatic rings. The number of Topliss-reactive ketones (excluding diaryl/α,β-unsaturated/α-hetero) is 1. The number of nitrogen functional groups attached to an aromatic ring is 1. The fourth-order valence-corrected chi connectivity index (χ4v) is 1.05. The average Bonchev–Trinajstić information content (AvgIpc) is 2.48. The Labute approximate surface area is 82.8 Å². The van der Waals surface area contributed by atoms with Gasteiger partial charge in [-0.05, 0) is 6.42 Å². The number of aryl methyl sites for hydroxylation is 1. The molecule has 0 aromatic carbocycles. The molecule has 1 heterocycles. The molecule has 1 aromatic heterocycles. The predicted molar refractivity (Wildman–Crippen MR) is 53.1 cm³/mol. The maximum Gasteiger partial charge on any atom is 0.193 e. The average molecular weight is 197 g/mol. The number of hydrogen-bond acceptors (Lipinski definition) is 4. The second-order valence-electron chi connectivity index (χ2n) is 3.04. The van der Waals surface area contributed by atoms with Crippen molar-refractivity contribution in [2.24, 2.45) is 7.05 Å². The van der Waals surface area contributed by atoms with Crippen LogP contribution in [0.15, 0.2) is 6.20 Å². The minimum absolute atomic E-state index is 0.0731. The van der Waals surface area contributed by atoms with E-state index in [0.717, 1.165) is 6.42 Å². The van der Waals surface area contributed by atoms with Gasteiger partial charge in [-0.1, -0.05) is 6.92 Å². The van der Waals surface area contributed by atoms with Crippen molar-refractivity contribution in [1.29, 1.82) is 0 Å². The van der Waals surface area contributed by atoms with Crippen molar-refractivity contribution in [3.05, 3.63) is 11.8 Å². The lowest BCUT2D eigenvalue weighted by Gasteiger charge is -2.01. The van der Waals surface area contributed by atoms with Crippen LogP contribution in [0, 0.1) is 0 Å². The van der Waals surface area contributed by atoms with E-state index in [1.165, 1.54) is 10.9 Å². The number of hydrogen-bond donors (Lipinski definition) is 1. The summed E-state index contributed by atoms with van der Waals surface area (Å²) >= 11 is 0. The van der Waals surface area contributed by atoms with Crippen LogP contribution in [0.25, 0.3) is 0 Å². The third kappa shape index (κ3) is 2.32. The van der Waals surface area contributed by atoms with Crippen LogP contribution in [-0.2, 0) is 11.8 Å². The van der Waals surface area contributed by atoms with E-state index in [2.05, 4.69) is 5.10 Å². The van der Waals surface area contributed by atoms with Gasteiger partial charge in [0.15, 0.2) is 5.78 Å². The standard InChI is InChI=1S/C9H15N3O2/c1-3-4-14-6-8(13)7-5-11-12(2)9(7)10/h5H,3-4,6,10H2,1-2H3. The van der Waals surface area contributed by atoms with Crippen molar-refractivity contribution in [1.82, 2.24) is 9.78 Å². The number of ether oxygens (including phenoxy) is 1. The molecule has 14 heavy (non-hydrogen) atoms. The fraction of sp³-hybridized carbons (Fsp3) is 0.556. The monoisotopic (exact) mass is 197 g/mol. The molecule has 5 nitrogen and oxygen atoms in total. The van der Waals surface area contributed by atoms with Gasteiger partial charge in [-0.15, -0.1) is 0 Å². The van der Waals surface area contributed by atoms with Crippen LogP contribution in [0.5, 0.6) is 0 Å². The zero-order chi connectivity index (χ0) is 10.6. The van der Waals surface area contributed by atoms with E-state index in [1.54, 1.807) is 7.05 Å². The van der Waals surface area contributed by atoms with Crippen molar-refractivity contribution in [3.63, 3.8) is 0 Å². The maximum absolute atomic E-state index is 11.5. The minimum atomic E-state index is -0.121. The van der Waals surface area contributed by atoms with E-state index < -0.39 is 0 Å². The number of carbonyl (C=O) groups excluding carboxylic acids is 1. The van der Waals surface area contributed by atoms with Crippen LogP contribution in [0.3, 0.4) is 0 Å². The Morgan fingerprint density at radius 1 is 1.71 bits per heavy atom. The lowest BCUT2D eigenvalue weighted by Crippen LogP contribution is -2.11. The zero-order valence-electron chi connectivity index (χ0n) is 8.49. The highest BCUT2D eigenvalue weighted by atomic mass is 16.5. The second kappa shape index (κ2) is 4.76. The summed E-state index contributed by atoms with van der Waals surface area (Å²) in [5, 5.41) is 3.88. The largest absolute Gasteiger partial charge is 0.383 e. The minimum Gasteiger partial charge on any atom is -0.383 e. The summed E-state index contributed by atoms with van der Waals surface area (Å²) in [7, 11) is 1.69. The highest BCUT2D eigenvalue weighted by Gasteiger charge is 2.13. The molecule has 0 saturated carbocycles. The van der Waals surface area contributed by atoms with Crippen molar-refractivity contribution in [2.45, 2.75) is 13.3 Å².